The number of amides is 2. The van der Waals surface area contributed by atoms with E-state index in [0.717, 1.165) is 34.1 Å². The van der Waals surface area contributed by atoms with Crippen LogP contribution in [0.25, 0.3) is 0 Å². The standard InChI is InChI=1S/C23H35N5O3S/c1-14(2)12-28-16(4)17(15(3)26-28)8-9-20(29)25-21-24-18-10-11-27(13-19(18)32-21)22(30)31-23(5,6)7/h14H,8-13H2,1-7H3,(H,24,25,29). The molecular formula is C23H35N5O3S. The van der Waals surface area contributed by atoms with Gasteiger partial charge in [0.2, 0.25) is 5.91 Å². The van der Waals surface area contributed by atoms with Crippen molar-refractivity contribution in [1.29, 1.82) is 0 Å². The Hall–Kier alpha value is -2.42. The van der Waals surface area contributed by atoms with E-state index in [4.69, 9.17) is 4.74 Å². The van der Waals surface area contributed by atoms with Gasteiger partial charge in [0, 0.05) is 36.5 Å². The average molecular weight is 462 g/mol. The number of aromatic nitrogens is 3. The molecule has 0 radical (unpaired) electrons. The van der Waals surface area contributed by atoms with Gasteiger partial charge in [-0.25, -0.2) is 9.78 Å². The molecule has 0 atom stereocenters. The van der Waals surface area contributed by atoms with Gasteiger partial charge in [0.05, 0.1) is 17.9 Å². The van der Waals surface area contributed by atoms with E-state index in [-0.39, 0.29) is 12.0 Å². The van der Waals surface area contributed by atoms with E-state index in [1.165, 1.54) is 11.3 Å². The molecule has 2 aromatic heterocycles. The summed E-state index contributed by atoms with van der Waals surface area (Å²) >= 11 is 1.43. The normalized spacial score (nSPS) is 13.9. The molecule has 0 bridgehead atoms. The minimum atomic E-state index is -0.522. The third-order valence-electron chi connectivity index (χ3n) is 5.30. The number of nitrogens with zero attached hydrogens (tertiary/aromatic N) is 4. The number of carbonyl (C=O) groups is 2. The summed E-state index contributed by atoms with van der Waals surface area (Å²) in [5.74, 6) is 0.460. The van der Waals surface area contributed by atoms with Crippen LogP contribution < -0.4 is 5.32 Å². The molecule has 0 spiro atoms. The third-order valence-corrected chi connectivity index (χ3v) is 6.30. The zero-order valence-electron chi connectivity index (χ0n) is 20.2. The molecular weight excluding hydrogens is 426 g/mol. The number of hydrogen-bond donors (Lipinski definition) is 1. The fourth-order valence-electron chi connectivity index (χ4n) is 3.77. The molecule has 32 heavy (non-hydrogen) atoms. The van der Waals surface area contributed by atoms with Crippen LogP contribution in [-0.2, 0) is 35.5 Å². The van der Waals surface area contributed by atoms with Crippen molar-refractivity contribution in [2.45, 2.75) is 86.4 Å². The molecule has 0 unspecified atom stereocenters. The molecule has 3 rings (SSSR count). The molecule has 2 amide bonds. The lowest BCUT2D eigenvalue weighted by molar-refractivity contribution is -0.116. The van der Waals surface area contributed by atoms with Crippen molar-refractivity contribution in [3.8, 4) is 0 Å². The lowest BCUT2D eigenvalue weighted by Gasteiger charge is -2.29. The number of ether oxygens (including phenoxy) is 1. The van der Waals surface area contributed by atoms with Crippen LogP contribution in [0.15, 0.2) is 0 Å². The van der Waals surface area contributed by atoms with Crippen molar-refractivity contribution in [1.82, 2.24) is 19.7 Å². The van der Waals surface area contributed by atoms with Gasteiger partial charge in [-0.2, -0.15) is 5.10 Å². The first-order valence-electron chi connectivity index (χ1n) is 11.2. The number of hydrogen-bond acceptors (Lipinski definition) is 6. The number of fused-ring (bicyclic) bond motifs is 1. The summed E-state index contributed by atoms with van der Waals surface area (Å²) in [5, 5.41) is 8.16. The summed E-state index contributed by atoms with van der Waals surface area (Å²) in [6.45, 7) is 15.9. The van der Waals surface area contributed by atoms with Gasteiger partial charge < -0.3 is 15.0 Å². The van der Waals surface area contributed by atoms with Crippen LogP contribution in [0.1, 0.15) is 68.6 Å². The highest BCUT2D eigenvalue weighted by Crippen LogP contribution is 2.29. The fraction of sp³-hybridized carbons (Fsp3) is 0.652. The predicted octanol–water partition coefficient (Wildman–Crippen LogP) is 4.48. The van der Waals surface area contributed by atoms with E-state index < -0.39 is 5.60 Å². The maximum Gasteiger partial charge on any atom is 0.410 e. The first-order chi connectivity index (χ1) is 14.9. The van der Waals surface area contributed by atoms with E-state index >= 15 is 0 Å². The second kappa shape index (κ2) is 9.60. The summed E-state index contributed by atoms with van der Waals surface area (Å²) in [7, 11) is 0. The van der Waals surface area contributed by atoms with Crippen molar-refractivity contribution >= 4 is 28.5 Å². The summed E-state index contributed by atoms with van der Waals surface area (Å²) in [4.78, 5) is 32.2. The summed E-state index contributed by atoms with van der Waals surface area (Å²) in [6.07, 6.45) is 1.38. The molecule has 0 aromatic carbocycles. The number of nitrogens with one attached hydrogen (secondary N) is 1. The van der Waals surface area contributed by atoms with Gasteiger partial charge in [0.1, 0.15) is 5.60 Å². The Morgan fingerprint density at radius 2 is 1.97 bits per heavy atom. The van der Waals surface area contributed by atoms with Crippen LogP contribution in [-0.4, -0.2) is 43.8 Å². The lowest BCUT2D eigenvalue weighted by Crippen LogP contribution is -2.39. The summed E-state index contributed by atoms with van der Waals surface area (Å²) < 4.78 is 7.51. The van der Waals surface area contributed by atoms with E-state index in [1.807, 2.05) is 32.4 Å². The molecule has 0 saturated carbocycles. The van der Waals surface area contributed by atoms with Gasteiger partial charge in [-0.15, -0.1) is 0 Å². The molecule has 176 valence electrons. The second-order valence-electron chi connectivity index (χ2n) is 9.81. The molecule has 1 aliphatic rings. The third kappa shape index (κ3) is 6.09. The summed E-state index contributed by atoms with van der Waals surface area (Å²) in [6, 6.07) is 0. The SMILES string of the molecule is Cc1nn(CC(C)C)c(C)c1CCC(=O)Nc1nc2c(s1)CN(C(=O)OC(C)(C)C)CC2. The molecule has 2 aromatic rings. The maximum atomic E-state index is 12.6. The van der Waals surface area contributed by atoms with Crippen molar-refractivity contribution in [2.24, 2.45) is 5.92 Å². The quantitative estimate of drug-likeness (QED) is 0.685. The summed E-state index contributed by atoms with van der Waals surface area (Å²) in [5.41, 5.74) is 3.70. The Morgan fingerprint density at radius 1 is 1.25 bits per heavy atom. The Balaban J connectivity index is 1.57. The fourth-order valence-corrected chi connectivity index (χ4v) is 4.81. The highest BCUT2D eigenvalue weighted by molar-refractivity contribution is 7.15. The van der Waals surface area contributed by atoms with Crippen LogP contribution in [0, 0.1) is 19.8 Å². The van der Waals surface area contributed by atoms with E-state index in [9.17, 15) is 9.59 Å². The molecule has 9 heteroatoms. The predicted molar refractivity (Wildman–Crippen MR) is 126 cm³/mol. The van der Waals surface area contributed by atoms with Gasteiger partial charge in [-0.05, 0) is 52.5 Å². The molecule has 0 saturated heterocycles. The Labute approximate surface area is 194 Å². The number of thiazole rings is 1. The van der Waals surface area contributed by atoms with Crippen LogP contribution in [0.2, 0.25) is 0 Å². The van der Waals surface area contributed by atoms with E-state index in [2.05, 4.69) is 36.2 Å². The minimum absolute atomic E-state index is 0.0597. The lowest BCUT2D eigenvalue weighted by atomic mass is 10.1. The van der Waals surface area contributed by atoms with E-state index in [0.29, 0.717) is 43.4 Å². The van der Waals surface area contributed by atoms with Gasteiger partial charge in [0.15, 0.2) is 5.13 Å². The zero-order chi connectivity index (χ0) is 23.6. The number of carbonyl (C=O) groups excluding carboxylic acids is 2. The zero-order valence-corrected chi connectivity index (χ0v) is 21.1. The molecule has 3 heterocycles. The first kappa shape index (κ1) is 24.2. The highest BCUT2D eigenvalue weighted by atomic mass is 32.1. The van der Waals surface area contributed by atoms with E-state index in [1.54, 1.807) is 4.90 Å². The second-order valence-corrected chi connectivity index (χ2v) is 10.9. The first-order valence-corrected chi connectivity index (χ1v) is 12.0. The Kier molecular flexibility index (Phi) is 7.27. The molecule has 1 N–H and O–H groups in total. The van der Waals surface area contributed by atoms with Crippen LogP contribution >= 0.6 is 11.3 Å². The molecule has 0 fully saturated rings. The van der Waals surface area contributed by atoms with Gasteiger partial charge in [0.25, 0.3) is 0 Å². The van der Waals surface area contributed by atoms with Gasteiger partial charge in [-0.1, -0.05) is 25.2 Å². The highest BCUT2D eigenvalue weighted by Gasteiger charge is 2.28. The Morgan fingerprint density at radius 3 is 2.62 bits per heavy atom. The number of anilines is 1. The smallest absolute Gasteiger partial charge is 0.410 e. The van der Waals surface area contributed by atoms with Crippen molar-refractivity contribution in [2.75, 3.05) is 11.9 Å². The maximum absolute atomic E-state index is 12.6. The van der Waals surface area contributed by atoms with Crippen molar-refractivity contribution in [3.05, 3.63) is 27.5 Å². The minimum Gasteiger partial charge on any atom is -0.444 e. The largest absolute Gasteiger partial charge is 0.444 e. The average Bonchev–Trinajstić information content (AvgIpc) is 3.17. The molecule has 0 aliphatic carbocycles. The van der Waals surface area contributed by atoms with Crippen molar-refractivity contribution < 1.29 is 14.3 Å². The number of rotatable bonds is 6. The van der Waals surface area contributed by atoms with Crippen LogP contribution in [0.4, 0.5) is 9.93 Å². The Bertz CT molecular complexity index is 987. The van der Waals surface area contributed by atoms with Gasteiger partial charge in [-0.3, -0.25) is 9.48 Å². The molecule has 1 aliphatic heterocycles. The van der Waals surface area contributed by atoms with Crippen molar-refractivity contribution in [3.63, 3.8) is 0 Å². The van der Waals surface area contributed by atoms with Gasteiger partial charge >= 0.3 is 6.09 Å². The van der Waals surface area contributed by atoms with Crippen LogP contribution in [0.3, 0.4) is 0 Å². The number of aryl methyl sites for hydroxylation is 1. The topological polar surface area (TPSA) is 89.4 Å². The molecule has 8 nitrogen and oxygen atoms in total. The van der Waals surface area contributed by atoms with Crippen LogP contribution in [0.5, 0.6) is 0 Å². The monoisotopic (exact) mass is 461 g/mol.